The van der Waals surface area contributed by atoms with Crippen molar-refractivity contribution in [2.24, 2.45) is 0 Å². The van der Waals surface area contributed by atoms with Crippen LogP contribution in [0.25, 0.3) is 0 Å². The number of ether oxygens (including phenoxy) is 1. The summed E-state index contributed by atoms with van der Waals surface area (Å²) in [7, 11) is 3.92. The molecule has 8 nitrogen and oxygen atoms in total. The third kappa shape index (κ3) is 3.83. The second-order valence-electron chi connectivity index (χ2n) is 6.26. The first kappa shape index (κ1) is 17.9. The standard InChI is InChI=1S/C18H23N7O/c1-12-8-13(9-19)21-10-15(12)23-18-22-11-16(20-2)17(24-18)25(3)14-4-6-26-7-5-14/h8,10-11,14,20H,4-7H2,1-3H3,(H,22,23,24). The first-order valence-corrected chi connectivity index (χ1v) is 8.61. The van der Waals surface area contributed by atoms with Gasteiger partial charge in [-0.2, -0.15) is 10.2 Å². The van der Waals surface area contributed by atoms with Crippen molar-refractivity contribution in [3.8, 4) is 6.07 Å². The van der Waals surface area contributed by atoms with E-state index < -0.39 is 0 Å². The number of rotatable bonds is 5. The topological polar surface area (TPSA) is 99.0 Å². The second-order valence-corrected chi connectivity index (χ2v) is 6.26. The molecule has 136 valence electrons. The monoisotopic (exact) mass is 353 g/mol. The number of nitrogens with zero attached hydrogens (tertiary/aromatic N) is 5. The molecule has 1 saturated heterocycles. The van der Waals surface area contributed by atoms with Gasteiger partial charge in [0, 0.05) is 33.4 Å². The lowest BCUT2D eigenvalue weighted by atomic mass is 10.1. The molecule has 0 unspecified atom stereocenters. The van der Waals surface area contributed by atoms with E-state index in [1.54, 1.807) is 18.5 Å². The summed E-state index contributed by atoms with van der Waals surface area (Å²) in [4.78, 5) is 15.4. The van der Waals surface area contributed by atoms with Crippen LogP contribution in [0, 0.1) is 18.3 Å². The first-order valence-electron chi connectivity index (χ1n) is 8.61. The highest BCUT2D eigenvalue weighted by atomic mass is 16.5. The smallest absolute Gasteiger partial charge is 0.229 e. The zero-order valence-corrected chi connectivity index (χ0v) is 15.3. The molecule has 0 atom stereocenters. The van der Waals surface area contributed by atoms with Gasteiger partial charge in [0.1, 0.15) is 11.8 Å². The summed E-state index contributed by atoms with van der Waals surface area (Å²) < 4.78 is 5.46. The molecule has 0 radical (unpaired) electrons. The molecule has 0 bridgehead atoms. The molecular weight excluding hydrogens is 330 g/mol. The van der Waals surface area contributed by atoms with E-state index in [2.05, 4.69) is 32.5 Å². The van der Waals surface area contributed by atoms with Gasteiger partial charge in [-0.25, -0.2) is 9.97 Å². The van der Waals surface area contributed by atoms with Gasteiger partial charge in [0.2, 0.25) is 5.95 Å². The van der Waals surface area contributed by atoms with Crippen LogP contribution in [0.4, 0.5) is 23.1 Å². The van der Waals surface area contributed by atoms with Gasteiger partial charge in [0.15, 0.2) is 5.82 Å². The van der Waals surface area contributed by atoms with Crippen molar-refractivity contribution >= 4 is 23.1 Å². The summed E-state index contributed by atoms with van der Waals surface area (Å²) in [5.74, 6) is 1.34. The normalized spacial score (nSPS) is 14.5. The quantitative estimate of drug-likeness (QED) is 0.846. The minimum atomic E-state index is 0.386. The lowest BCUT2D eigenvalue weighted by Crippen LogP contribution is -2.37. The fourth-order valence-electron chi connectivity index (χ4n) is 2.99. The van der Waals surface area contributed by atoms with Gasteiger partial charge in [-0.1, -0.05) is 0 Å². The van der Waals surface area contributed by atoms with E-state index in [9.17, 15) is 0 Å². The molecule has 1 aliphatic heterocycles. The summed E-state index contributed by atoms with van der Waals surface area (Å²) in [5, 5.41) is 15.3. The molecule has 0 aromatic carbocycles. The molecule has 0 spiro atoms. The Bertz CT molecular complexity index is 812. The summed E-state index contributed by atoms with van der Waals surface area (Å²) in [6, 6.07) is 4.16. The molecular formula is C18H23N7O. The molecule has 26 heavy (non-hydrogen) atoms. The van der Waals surface area contributed by atoms with Crippen molar-refractivity contribution in [3.05, 3.63) is 29.7 Å². The van der Waals surface area contributed by atoms with Crippen molar-refractivity contribution < 1.29 is 4.74 Å². The average Bonchev–Trinajstić information content (AvgIpc) is 2.69. The van der Waals surface area contributed by atoms with Crippen LogP contribution >= 0.6 is 0 Å². The van der Waals surface area contributed by atoms with Gasteiger partial charge in [-0.05, 0) is 31.4 Å². The van der Waals surface area contributed by atoms with Crippen LogP contribution < -0.4 is 15.5 Å². The molecule has 1 aliphatic rings. The first-order chi connectivity index (χ1) is 12.6. The van der Waals surface area contributed by atoms with Crippen LogP contribution in [0.1, 0.15) is 24.1 Å². The number of pyridine rings is 1. The molecule has 2 aromatic rings. The van der Waals surface area contributed by atoms with Crippen molar-refractivity contribution in [1.29, 1.82) is 5.26 Å². The Kier molecular flexibility index (Phi) is 5.49. The van der Waals surface area contributed by atoms with E-state index in [4.69, 9.17) is 15.0 Å². The van der Waals surface area contributed by atoms with E-state index in [1.807, 2.05) is 20.0 Å². The Hall–Kier alpha value is -2.92. The maximum absolute atomic E-state index is 8.94. The van der Waals surface area contributed by atoms with Crippen molar-refractivity contribution in [1.82, 2.24) is 15.0 Å². The van der Waals surface area contributed by atoms with E-state index in [-0.39, 0.29) is 0 Å². The highest BCUT2D eigenvalue weighted by Crippen LogP contribution is 2.28. The van der Waals surface area contributed by atoms with E-state index in [0.717, 1.165) is 48.8 Å². The predicted octanol–water partition coefficient (Wildman–Crippen LogP) is 2.45. The molecule has 2 aromatic heterocycles. The minimum absolute atomic E-state index is 0.386. The van der Waals surface area contributed by atoms with Gasteiger partial charge in [0.25, 0.3) is 0 Å². The van der Waals surface area contributed by atoms with Crippen LogP contribution in [-0.2, 0) is 4.74 Å². The minimum Gasteiger partial charge on any atom is -0.384 e. The van der Waals surface area contributed by atoms with Gasteiger partial charge in [0.05, 0.1) is 23.8 Å². The second kappa shape index (κ2) is 7.97. The number of aromatic nitrogens is 3. The molecule has 3 heterocycles. The Morgan fingerprint density at radius 1 is 1.23 bits per heavy atom. The van der Waals surface area contributed by atoms with Gasteiger partial charge < -0.3 is 20.3 Å². The fraction of sp³-hybridized carbons (Fsp3) is 0.444. The summed E-state index contributed by atoms with van der Waals surface area (Å²) in [5.41, 5.74) is 2.96. The molecule has 0 amide bonds. The van der Waals surface area contributed by atoms with Crippen molar-refractivity contribution in [2.75, 3.05) is 42.8 Å². The number of nitrogens with one attached hydrogen (secondary N) is 2. The third-order valence-electron chi connectivity index (χ3n) is 4.58. The van der Waals surface area contributed by atoms with Crippen LogP contribution in [0.5, 0.6) is 0 Å². The number of aryl methyl sites for hydroxylation is 1. The lowest BCUT2D eigenvalue weighted by Gasteiger charge is -2.33. The highest BCUT2D eigenvalue weighted by Gasteiger charge is 2.22. The number of hydrogen-bond acceptors (Lipinski definition) is 8. The third-order valence-corrected chi connectivity index (χ3v) is 4.58. The fourth-order valence-corrected chi connectivity index (χ4v) is 2.99. The van der Waals surface area contributed by atoms with Crippen molar-refractivity contribution in [2.45, 2.75) is 25.8 Å². The van der Waals surface area contributed by atoms with Crippen LogP contribution in [-0.4, -0.2) is 48.3 Å². The summed E-state index contributed by atoms with van der Waals surface area (Å²) in [6.07, 6.45) is 5.36. The Morgan fingerprint density at radius 2 is 1.96 bits per heavy atom. The Labute approximate surface area is 153 Å². The molecule has 0 saturated carbocycles. The van der Waals surface area contributed by atoms with Crippen molar-refractivity contribution in [3.63, 3.8) is 0 Å². The van der Waals surface area contributed by atoms with Crippen LogP contribution in [0.15, 0.2) is 18.5 Å². The SMILES string of the molecule is CNc1cnc(Nc2cnc(C#N)cc2C)nc1N(C)C1CCOCC1. The van der Waals surface area contributed by atoms with Gasteiger partial charge in [-0.15, -0.1) is 0 Å². The number of nitriles is 1. The molecule has 2 N–H and O–H groups in total. The molecule has 1 fully saturated rings. The molecule has 0 aliphatic carbocycles. The maximum Gasteiger partial charge on any atom is 0.229 e. The summed E-state index contributed by atoms with van der Waals surface area (Å²) in [6.45, 7) is 3.47. The maximum atomic E-state index is 8.94. The van der Waals surface area contributed by atoms with Gasteiger partial charge >= 0.3 is 0 Å². The Morgan fingerprint density at radius 3 is 2.62 bits per heavy atom. The summed E-state index contributed by atoms with van der Waals surface area (Å²) >= 11 is 0. The average molecular weight is 353 g/mol. The van der Waals surface area contributed by atoms with Crippen LogP contribution in [0.3, 0.4) is 0 Å². The largest absolute Gasteiger partial charge is 0.384 e. The molecule has 3 rings (SSSR count). The highest BCUT2D eigenvalue weighted by molar-refractivity contribution is 5.68. The number of anilines is 4. The Balaban J connectivity index is 1.86. The zero-order valence-electron chi connectivity index (χ0n) is 15.3. The van der Waals surface area contributed by atoms with Gasteiger partial charge in [-0.3, -0.25) is 0 Å². The number of hydrogen-bond donors (Lipinski definition) is 2. The van der Waals surface area contributed by atoms with E-state index >= 15 is 0 Å². The predicted molar refractivity (Wildman–Crippen MR) is 101 cm³/mol. The van der Waals surface area contributed by atoms with E-state index in [1.165, 1.54) is 0 Å². The molecule has 8 heteroatoms. The van der Waals surface area contributed by atoms with E-state index in [0.29, 0.717) is 17.7 Å². The lowest BCUT2D eigenvalue weighted by molar-refractivity contribution is 0.0854. The van der Waals surface area contributed by atoms with Crippen LogP contribution in [0.2, 0.25) is 0 Å². The zero-order chi connectivity index (χ0) is 18.5.